The van der Waals surface area contributed by atoms with E-state index >= 15 is 0 Å². The van der Waals surface area contributed by atoms with E-state index in [0.29, 0.717) is 18.8 Å². The second-order valence-corrected chi connectivity index (χ2v) is 3.92. The normalized spacial score (nSPS) is 16.0. The summed E-state index contributed by atoms with van der Waals surface area (Å²) in [6.07, 6.45) is 1.49. The lowest BCUT2D eigenvalue weighted by atomic mass is 10.1. The van der Waals surface area contributed by atoms with Gasteiger partial charge in [-0.25, -0.2) is 4.79 Å². The highest BCUT2D eigenvalue weighted by molar-refractivity contribution is 5.70. The lowest BCUT2D eigenvalue weighted by molar-refractivity contribution is 0.148. The van der Waals surface area contributed by atoms with Crippen LogP contribution in [0, 0.1) is 0 Å². The van der Waals surface area contributed by atoms with Crippen LogP contribution in [-0.2, 0) is 0 Å². The molecule has 0 unspecified atom stereocenters. The Morgan fingerprint density at radius 2 is 1.81 bits per heavy atom. The molecule has 16 heavy (non-hydrogen) atoms. The zero-order chi connectivity index (χ0) is 11.4. The van der Waals surface area contributed by atoms with Gasteiger partial charge in [-0.2, -0.15) is 0 Å². The molecule has 0 saturated carbocycles. The lowest BCUT2D eigenvalue weighted by Crippen LogP contribution is -2.38. The molecule has 0 atom stereocenters. The zero-order valence-electron chi connectivity index (χ0n) is 9.19. The van der Waals surface area contributed by atoms with Gasteiger partial charge < -0.3 is 9.64 Å². The highest BCUT2D eigenvalue weighted by atomic mass is 16.6. The summed E-state index contributed by atoms with van der Waals surface area (Å²) in [5, 5.41) is 0. The van der Waals surface area contributed by atoms with Gasteiger partial charge in [0, 0.05) is 13.1 Å². The maximum atomic E-state index is 11.7. The van der Waals surface area contributed by atoms with E-state index in [4.69, 9.17) is 4.74 Å². The quantitative estimate of drug-likeness (QED) is 0.677. The van der Waals surface area contributed by atoms with E-state index in [1.54, 1.807) is 17.0 Å². The van der Waals surface area contributed by atoms with Gasteiger partial charge in [0.1, 0.15) is 5.75 Å². The number of rotatable bonds is 1. The van der Waals surface area contributed by atoms with Crippen LogP contribution in [0.2, 0.25) is 0 Å². The first-order valence-corrected chi connectivity index (χ1v) is 5.44. The summed E-state index contributed by atoms with van der Waals surface area (Å²) in [6, 6.07) is 9.14. The van der Waals surface area contributed by atoms with Crippen LogP contribution in [-0.4, -0.2) is 24.1 Å². The minimum Gasteiger partial charge on any atom is -0.410 e. The molecule has 2 rings (SSSR count). The number of piperidine rings is 1. The van der Waals surface area contributed by atoms with Crippen molar-refractivity contribution in [3.05, 3.63) is 42.5 Å². The van der Waals surface area contributed by atoms with E-state index in [2.05, 4.69) is 6.58 Å². The van der Waals surface area contributed by atoms with Crippen LogP contribution in [0.5, 0.6) is 5.75 Å². The number of para-hydroxylation sites is 1. The summed E-state index contributed by atoms with van der Waals surface area (Å²) in [4.78, 5) is 13.5. The van der Waals surface area contributed by atoms with Crippen molar-refractivity contribution in [2.45, 2.75) is 12.8 Å². The number of carbonyl (C=O) groups excluding carboxylic acids is 1. The summed E-state index contributed by atoms with van der Waals surface area (Å²) >= 11 is 0. The number of nitrogens with zero attached hydrogens (tertiary/aromatic N) is 1. The van der Waals surface area contributed by atoms with Crippen molar-refractivity contribution in [2.75, 3.05) is 13.1 Å². The van der Waals surface area contributed by atoms with Crippen molar-refractivity contribution in [1.82, 2.24) is 4.90 Å². The molecule has 0 spiro atoms. The van der Waals surface area contributed by atoms with Gasteiger partial charge in [0.15, 0.2) is 0 Å². The van der Waals surface area contributed by atoms with E-state index in [1.807, 2.05) is 18.2 Å². The van der Waals surface area contributed by atoms with E-state index in [-0.39, 0.29) is 6.09 Å². The van der Waals surface area contributed by atoms with Gasteiger partial charge in [0.2, 0.25) is 0 Å². The second-order valence-electron chi connectivity index (χ2n) is 3.92. The number of hydrogen-bond acceptors (Lipinski definition) is 2. The minimum absolute atomic E-state index is 0.265. The summed E-state index contributed by atoms with van der Waals surface area (Å²) in [6.45, 7) is 5.34. The fourth-order valence-corrected chi connectivity index (χ4v) is 1.66. The largest absolute Gasteiger partial charge is 0.415 e. The third-order valence-electron chi connectivity index (χ3n) is 2.68. The summed E-state index contributed by atoms with van der Waals surface area (Å²) < 4.78 is 5.25. The Hall–Kier alpha value is -1.77. The smallest absolute Gasteiger partial charge is 0.410 e. The summed E-state index contributed by atoms with van der Waals surface area (Å²) in [7, 11) is 0. The highest BCUT2D eigenvalue weighted by Crippen LogP contribution is 2.16. The maximum Gasteiger partial charge on any atom is 0.415 e. The number of ether oxygens (including phenoxy) is 1. The van der Waals surface area contributed by atoms with Crippen molar-refractivity contribution in [3.8, 4) is 5.75 Å². The molecule has 0 radical (unpaired) electrons. The Balaban J connectivity index is 1.91. The molecular weight excluding hydrogens is 202 g/mol. The van der Waals surface area contributed by atoms with E-state index in [0.717, 1.165) is 12.8 Å². The highest BCUT2D eigenvalue weighted by Gasteiger charge is 2.19. The van der Waals surface area contributed by atoms with Gasteiger partial charge in [0.25, 0.3) is 0 Å². The first-order chi connectivity index (χ1) is 7.75. The van der Waals surface area contributed by atoms with Crippen LogP contribution in [0.15, 0.2) is 42.5 Å². The predicted octanol–water partition coefficient (Wildman–Crippen LogP) is 2.84. The standard InChI is InChI=1S/C13H15NO2/c1-11-7-9-14(10-8-11)13(15)16-12-5-3-2-4-6-12/h2-6H,1,7-10H2. The second kappa shape index (κ2) is 4.84. The lowest BCUT2D eigenvalue weighted by Gasteiger charge is -2.26. The number of carbonyl (C=O) groups is 1. The van der Waals surface area contributed by atoms with E-state index in [9.17, 15) is 4.79 Å². The molecule has 1 aromatic rings. The van der Waals surface area contributed by atoms with E-state index < -0.39 is 0 Å². The molecule has 1 fully saturated rings. The Morgan fingerprint density at radius 3 is 2.44 bits per heavy atom. The van der Waals surface area contributed by atoms with Gasteiger partial charge in [-0.15, -0.1) is 0 Å². The van der Waals surface area contributed by atoms with Crippen LogP contribution < -0.4 is 4.74 Å². The Kier molecular flexibility index (Phi) is 3.25. The molecule has 1 amide bonds. The molecular formula is C13H15NO2. The predicted molar refractivity (Wildman–Crippen MR) is 62.4 cm³/mol. The monoisotopic (exact) mass is 217 g/mol. The molecule has 3 heteroatoms. The van der Waals surface area contributed by atoms with Crippen molar-refractivity contribution in [1.29, 1.82) is 0 Å². The van der Waals surface area contributed by atoms with Gasteiger partial charge in [-0.05, 0) is 25.0 Å². The molecule has 3 nitrogen and oxygen atoms in total. The van der Waals surface area contributed by atoms with Gasteiger partial charge in [-0.1, -0.05) is 30.4 Å². The minimum atomic E-state index is -0.265. The van der Waals surface area contributed by atoms with Crippen LogP contribution in [0.1, 0.15) is 12.8 Å². The molecule has 84 valence electrons. The fraction of sp³-hybridized carbons (Fsp3) is 0.308. The third-order valence-corrected chi connectivity index (χ3v) is 2.68. The SMILES string of the molecule is C=C1CCN(C(=O)Oc2ccccc2)CC1. The molecule has 1 saturated heterocycles. The van der Waals surface area contributed by atoms with Gasteiger partial charge >= 0.3 is 6.09 Å². The number of benzene rings is 1. The fourth-order valence-electron chi connectivity index (χ4n) is 1.66. The molecule has 0 bridgehead atoms. The van der Waals surface area contributed by atoms with Crippen LogP contribution in [0.25, 0.3) is 0 Å². The van der Waals surface area contributed by atoms with Gasteiger partial charge in [-0.3, -0.25) is 0 Å². The van der Waals surface area contributed by atoms with Crippen molar-refractivity contribution in [2.24, 2.45) is 0 Å². The molecule has 0 aliphatic carbocycles. The Bertz CT molecular complexity index is 376. The molecule has 0 N–H and O–H groups in total. The van der Waals surface area contributed by atoms with Crippen LogP contribution in [0.4, 0.5) is 4.79 Å². The number of hydrogen-bond donors (Lipinski definition) is 0. The Morgan fingerprint density at radius 1 is 1.19 bits per heavy atom. The average Bonchev–Trinajstić information content (AvgIpc) is 2.31. The first kappa shape index (κ1) is 10.7. The van der Waals surface area contributed by atoms with Crippen molar-refractivity contribution >= 4 is 6.09 Å². The van der Waals surface area contributed by atoms with Crippen molar-refractivity contribution in [3.63, 3.8) is 0 Å². The topological polar surface area (TPSA) is 29.5 Å². The first-order valence-electron chi connectivity index (χ1n) is 5.44. The number of likely N-dealkylation sites (tertiary alicyclic amines) is 1. The molecule has 1 aliphatic rings. The average molecular weight is 217 g/mol. The summed E-state index contributed by atoms with van der Waals surface area (Å²) in [5.74, 6) is 0.594. The van der Waals surface area contributed by atoms with Crippen molar-refractivity contribution < 1.29 is 9.53 Å². The number of amides is 1. The van der Waals surface area contributed by atoms with Gasteiger partial charge in [0.05, 0.1) is 0 Å². The van der Waals surface area contributed by atoms with E-state index in [1.165, 1.54) is 5.57 Å². The van der Waals surface area contributed by atoms with Crippen LogP contribution in [0.3, 0.4) is 0 Å². The molecule has 1 heterocycles. The van der Waals surface area contributed by atoms with Crippen LogP contribution >= 0.6 is 0 Å². The maximum absolute atomic E-state index is 11.7. The zero-order valence-corrected chi connectivity index (χ0v) is 9.19. The molecule has 0 aromatic heterocycles. The molecule has 1 aromatic carbocycles. The molecule has 1 aliphatic heterocycles. The summed E-state index contributed by atoms with van der Waals surface area (Å²) in [5.41, 5.74) is 1.21. The third kappa shape index (κ3) is 2.63. The Labute approximate surface area is 95.3 Å².